The second-order valence-electron chi connectivity index (χ2n) is 6.31. The van der Waals surface area contributed by atoms with Gasteiger partial charge in [0.25, 0.3) is 5.56 Å². The van der Waals surface area contributed by atoms with Crippen LogP contribution < -0.4 is 10.9 Å². The number of aromatic nitrogens is 2. The van der Waals surface area contributed by atoms with Crippen molar-refractivity contribution in [3.63, 3.8) is 0 Å². The van der Waals surface area contributed by atoms with Crippen molar-refractivity contribution < 1.29 is 4.79 Å². The Kier molecular flexibility index (Phi) is 6.04. The summed E-state index contributed by atoms with van der Waals surface area (Å²) in [4.78, 5) is 24.1. The summed E-state index contributed by atoms with van der Waals surface area (Å²) >= 11 is 5.91. The largest absolute Gasteiger partial charge is 0.326 e. The molecule has 27 heavy (non-hydrogen) atoms. The fraction of sp³-hybridized carbons (Fsp3) is 0.190. The summed E-state index contributed by atoms with van der Waals surface area (Å²) in [6, 6.07) is 18.1. The second-order valence-corrected chi connectivity index (χ2v) is 6.74. The van der Waals surface area contributed by atoms with Gasteiger partial charge in [0.1, 0.15) is 0 Å². The van der Waals surface area contributed by atoms with E-state index < -0.39 is 0 Å². The molecular formula is C21H20ClN3O2. The quantitative estimate of drug-likeness (QED) is 0.692. The predicted molar refractivity (Wildman–Crippen MR) is 108 cm³/mol. The van der Waals surface area contributed by atoms with Gasteiger partial charge in [0.15, 0.2) is 0 Å². The number of nitrogens with zero attached hydrogens (tertiary/aromatic N) is 2. The average molecular weight is 382 g/mol. The van der Waals surface area contributed by atoms with Crippen molar-refractivity contribution in [3.05, 3.63) is 81.6 Å². The third-order valence-corrected chi connectivity index (χ3v) is 4.33. The van der Waals surface area contributed by atoms with Gasteiger partial charge in [0.05, 0.1) is 5.69 Å². The summed E-state index contributed by atoms with van der Waals surface area (Å²) in [6.45, 7) is 2.35. The van der Waals surface area contributed by atoms with Crippen molar-refractivity contribution in [2.45, 2.75) is 26.3 Å². The molecule has 1 heterocycles. The van der Waals surface area contributed by atoms with Crippen molar-refractivity contribution in [2.24, 2.45) is 0 Å². The number of anilines is 1. The maximum absolute atomic E-state index is 12.1. The molecule has 0 radical (unpaired) electrons. The number of carbonyl (C=O) groups excluding carboxylic acids is 1. The Labute approximate surface area is 162 Å². The second kappa shape index (κ2) is 8.64. The SMILES string of the molecule is Cc1cccc(NC(=O)CCCn2nc(-c3ccc(Cl)cc3)ccc2=O)c1. The highest BCUT2D eigenvalue weighted by molar-refractivity contribution is 6.30. The van der Waals surface area contributed by atoms with Crippen molar-refractivity contribution >= 4 is 23.2 Å². The molecule has 2 aromatic carbocycles. The first-order valence-electron chi connectivity index (χ1n) is 8.72. The molecule has 0 atom stereocenters. The number of rotatable bonds is 6. The van der Waals surface area contributed by atoms with Crippen LogP contribution in [0.25, 0.3) is 11.3 Å². The smallest absolute Gasteiger partial charge is 0.266 e. The van der Waals surface area contributed by atoms with Gasteiger partial charge in [-0.2, -0.15) is 5.10 Å². The number of hydrogen-bond donors (Lipinski definition) is 1. The molecule has 1 amide bonds. The maximum atomic E-state index is 12.1. The van der Waals surface area contributed by atoms with Crippen LogP contribution in [0.5, 0.6) is 0 Å². The van der Waals surface area contributed by atoms with E-state index in [1.807, 2.05) is 43.3 Å². The Morgan fingerprint density at radius 1 is 1.11 bits per heavy atom. The van der Waals surface area contributed by atoms with Crippen LogP contribution in [0.3, 0.4) is 0 Å². The minimum absolute atomic E-state index is 0.0810. The van der Waals surface area contributed by atoms with Crippen LogP contribution in [0.2, 0.25) is 5.02 Å². The van der Waals surface area contributed by atoms with Crippen LogP contribution >= 0.6 is 11.6 Å². The highest BCUT2D eigenvalue weighted by Crippen LogP contribution is 2.18. The molecule has 0 unspecified atom stereocenters. The first kappa shape index (κ1) is 18.9. The zero-order valence-electron chi connectivity index (χ0n) is 15.0. The molecule has 0 fully saturated rings. The lowest BCUT2D eigenvalue weighted by atomic mass is 10.1. The molecule has 0 spiro atoms. The van der Waals surface area contributed by atoms with Gasteiger partial charge < -0.3 is 5.32 Å². The monoisotopic (exact) mass is 381 g/mol. The van der Waals surface area contributed by atoms with E-state index in [9.17, 15) is 9.59 Å². The van der Waals surface area contributed by atoms with E-state index in [2.05, 4.69) is 10.4 Å². The molecule has 0 aliphatic heterocycles. The molecule has 0 aliphatic rings. The molecule has 1 N–H and O–H groups in total. The van der Waals surface area contributed by atoms with Gasteiger partial charge in [-0.1, -0.05) is 35.9 Å². The minimum atomic E-state index is -0.188. The van der Waals surface area contributed by atoms with E-state index in [0.717, 1.165) is 16.8 Å². The number of hydrogen-bond acceptors (Lipinski definition) is 3. The van der Waals surface area contributed by atoms with Crippen molar-refractivity contribution in [3.8, 4) is 11.3 Å². The molecule has 6 heteroatoms. The van der Waals surface area contributed by atoms with Crippen LogP contribution in [-0.4, -0.2) is 15.7 Å². The van der Waals surface area contributed by atoms with Crippen LogP contribution in [0, 0.1) is 6.92 Å². The van der Waals surface area contributed by atoms with Crippen molar-refractivity contribution in [2.75, 3.05) is 5.32 Å². The fourth-order valence-corrected chi connectivity index (χ4v) is 2.85. The van der Waals surface area contributed by atoms with Crippen LogP contribution in [-0.2, 0) is 11.3 Å². The Morgan fingerprint density at radius 2 is 1.89 bits per heavy atom. The van der Waals surface area contributed by atoms with Gasteiger partial charge in [-0.15, -0.1) is 0 Å². The highest BCUT2D eigenvalue weighted by atomic mass is 35.5. The molecule has 5 nitrogen and oxygen atoms in total. The van der Waals surface area contributed by atoms with Crippen LogP contribution in [0.1, 0.15) is 18.4 Å². The first-order valence-corrected chi connectivity index (χ1v) is 9.10. The van der Waals surface area contributed by atoms with E-state index >= 15 is 0 Å². The van der Waals surface area contributed by atoms with Gasteiger partial charge in [-0.25, -0.2) is 4.68 Å². The van der Waals surface area contributed by atoms with E-state index in [-0.39, 0.29) is 11.5 Å². The van der Waals surface area contributed by atoms with Gasteiger partial charge in [0, 0.05) is 35.3 Å². The molecule has 3 rings (SSSR count). The summed E-state index contributed by atoms with van der Waals surface area (Å²) in [5.74, 6) is -0.0810. The Hall–Kier alpha value is -2.92. The molecule has 0 aliphatic carbocycles. The Morgan fingerprint density at radius 3 is 2.63 bits per heavy atom. The minimum Gasteiger partial charge on any atom is -0.326 e. The highest BCUT2D eigenvalue weighted by Gasteiger charge is 2.06. The van der Waals surface area contributed by atoms with Crippen LogP contribution in [0.15, 0.2) is 65.5 Å². The molecular weight excluding hydrogens is 362 g/mol. The van der Waals surface area contributed by atoms with Crippen molar-refractivity contribution in [1.29, 1.82) is 0 Å². The number of aryl methyl sites for hydroxylation is 2. The number of nitrogens with one attached hydrogen (secondary N) is 1. The van der Waals surface area contributed by atoms with Crippen molar-refractivity contribution in [1.82, 2.24) is 9.78 Å². The zero-order valence-corrected chi connectivity index (χ0v) is 15.7. The van der Waals surface area contributed by atoms with E-state index in [4.69, 9.17) is 11.6 Å². The lowest BCUT2D eigenvalue weighted by molar-refractivity contribution is -0.116. The molecule has 1 aromatic heterocycles. The summed E-state index contributed by atoms with van der Waals surface area (Å²) in [5, 5.41) is 7.91. The number of halogens is 1. The lowest BCUT2D eigenvalue weighted by Gasteiger charge is -2.08. The number of benzene rings is 2. The zero-order chi connectivity index (χ0) is 19.2. The van der Waals surface area contributed by atoms with E-state index in [1.54, 1.807) is 18.2 Å². The Bertz CT molecular complexity index is 997. The molecule has 0 saturated carbocycles. The lowest BCUT2D eigenvalue weighted by Crippen LogP contribution is -2.23. The standard InChI is InChI=1S/C21H20ClN3O2/c1-15-4-2-5-18(14-15)23-20(26)6-3-13-25-21(27)12-11-19(24-25)16-7-9-17(22)10-8-16/h2,4-5,7-12,14H,3,6,13H2,1H3,(H,23,26). The predicted octanol–water partition coefficient (Wildman–Crippen LogP) is 4.29. The van der Waals surface area contributed by atoms with Gasteiger partial charge in [-0.05, 0) is 49.2 Å². The van der Waals surface area contributed by atoms with Crippen LogP contribution in [0.4, 0.5) is 5.69 Å². The number of amides is 1. The average Bonchev–Trinajstić information content (AvgIpc) is 2.64. The van der Waals surface area contributed by atoms with E-state index in [0.29, 0.717) is 30.1 Å². The first-order chi connectivity index (χ1) is 13.0. The fourth-order valence-electron chi connectivity index (χ4n) is 2.72. The molecule has 0 bridgehead atoms. The topological polar surface area (TPSA) is 64.0 Å². The molecule has 138 valence electrons. The van der Waals surface area contributed by atoms with Gasteiger partial charge in [-0.3, -0.25) is 9.59 Å². The number of carbonyl (C=O) groups is 1. The van der Waals surface area contributed by atoms with Gasteiger partial charge >= 0.3 is 0 Å². The summed E-state index contributed by atoms with van der Waals surface area (Å²) in [6.07, 6.45) is 0.835. The molecule has 0 saturated heterocycles. The third-order valence-electron chi connectivity index (χ3n) is 4.08. The normalized spacial score (nSPS) is 10.6. The van der Waals surface area contributed by atoms with Gasteiger partial charge in [0.2, 0.25) is 5.91 Å². The third kappa shape index (κ3) is 5.28. The summed E-state index contributed by atoms with van der Waals surface area (Å²) < 4.78 is 1.39. The Balaban J connectivity index is 1.60. The molecule has 3 aromatic rings. The van der Waals surface area contributed by atoms with E-state index in [1.165, 1.54) is 10.7 Å². The maximum Gasteiger partial charge on any atom is 0.266 e. The summed E-state index contributed by atoms with van der Waals surface area (Å²) in [7, 11) is 0. The summed E-state index contributed by atoms with van der Waals surface area (Å²) in [5.41, 5.74) is 3.25.